The van der Waals surface area contributed by atoms with Gasteiger partial charge in [0.15, 0.2) is 0 Å². The number of benzene rings is 1. The van der Waals surface area contributed by atoms with Gasteiger partial charge in [0.05, 0.1) is 35.0 Å². The van der Waals surface area contributed by atoms with Crippen molar-refractivity contribution in [3.63, 3.8) is 0 Å². The zero-order valence-corrected chi connectivity index (χ0v) is 19.9. The van der Waals surface area contributed by atoms with E-state index < -0.39 is 0 Å². The van der Waals surface area contributed by atoms with Crippen molar-refractivity contribution >= 4 is 16.6 Å². The molecule has 176 valence electrons. The predicted molar refractivity (Wildman–Crippen MR) is 131 cm³/mol. The molecule has 3 aliphatic rings. The number of anilines is 1. The average molecular weight is 458 g/mol. The summed E-state index contributed by atoms with van der Waals surface area (Å²) in [6, 6.07) is 10.7. The molecule has 6 rings (SSSR count). The number of morpholine rings is 1. The zero-order chi connectivity index (χ0) is 23.2. The molecule has 2 aromatic heterocycles. The Kier molecular flexibility index (Phi) is 5.48. The number of nitrogens with zero attached hydrogens (tertiary/aromatic N) is 6. The third kappa shape index (κ3) is 3.74. The van der Waals surface area contributed by atoms with E-state index in [0.29, 0.717) is 11.6 Å². The molecule has 0 amide bonds. The highest BCUT2D eigenvalue weighted by Gasteiger charge is 2.35. The maximum absolute atomic E-state index is 9.48. The van der Waals surface area contributed by atoms with E-state index in [1.165, 1.54) is 17.0 Å². The summed E-state index contributed by atoms with van der Waals surface area (Å²) in [5, 5.41) is 18.9. The molecule has 0 spiro atoms. The van der Waals surface area contributed by atoms with Crippen LogP contribution in [0.1, 0.15) is 35.5 Å². The minimum atomic E-state index is 0.142. The van der Waals surface area contributed by atoms with Crippen LogP contribution < -0.4 is 10.2 Å². The third-order valence-electron chi connectivity index (χ3n) is 7.48. The molecule has 3 aliphatic heterocycles. The summed E-state index contributed by atoms with van der Waals surface area (Å²) in [6.07, 6.45) is 3.07. The van der Waals surface area contributed by atoms with E-state index in [-0.39, 0.29) is 12.2 Å². The summed E-state index contributed by atoms with van der Waals surface area (Å²) in [5.41, 5.74) is 6.52. The number of hydrogen-bond acceptors (Lipinski definition) is 7. The second-order valence-corrected chi connectivity index (χ2v) is 9.87. The molecule has 8 nitrogen and oxygen atoms in total. The number of aromatic nitrogens is 3. The largest absolute Gasteiger partial charge is 0.370 e. The molecule has 0 saturated carbocycles. The highest BCUT2D eigenvalue weighted by molar-refractivity contribution is 5.95. The smallest absolute Gasteiger partial charge is 0.101 e. The number of fused-ring (bicyclic) bond motifs is 2. The Hall–Kier alpha value is -2.99. The number of likely N-dealkylation sites (tertiary alicyclic amines) is 1. The number of hydrogen-bond donors (Lipinski definition) is 1. The molecule has 5 heterocycles. The molecule has 0 bridgehead atoms. The molecule has 0 aliphatic carbocycles. The Bertz CT molecular complexity index is 1260. The van der Waals surface area contributed by atoms with E-state index in [0.717, 1.165) is 68.8 Å². The monoisotopic (exact) mass is 457 g/mol. The number of rotatable bonds is 4. The zero-order valence-electron chi connectivity index (χ0n) is 19.9. The van der Waals surface area contributed by atoms with Crippen LogP contribution >= 0.6 is 0 Å². The van der Waals surface area contributed by atoms with Gasteiger partial charge in [0.1, 0.15) is 6.07 Å². The highest BCUT2D eigenvalue weighted by atomic mass is 16.5. The average Bonchev–Trinajstić information content (AvgIpc) is 3.16. The maximum Gasteiger partial charge on any atom is 0.101 e. The van der Waals surface area contributed by atoms with Gasteiger partial charge >= 0.3 is 0 Å². The van der Waals surface area contributed by atoms with E-state index >= 15 is 0 Å². The Balaban J connectivity index is 1.14. The van der Waals surface area contributed by atoms with Crippen LogP contribution in [-0.2, 0) is 17.7 Å². The van der Waals surface area contributed by atoms with Gasteiger partial charge < -0.3 is 15.0 Å². The number of ether oxygens (including phenoxy) is 1. The Morgan fingerprint density at radius 3 is 2.91 bits per heavy atom. The first-order chi connectivity index (χ1) is 16.6. The number of nitriles is 1. The number of nitrogens with one attached hydrogen (secondary N) is 1. The molecule has 2 saturated heterocycles. The first-order valence-corrected chi connectivity index (χ1v) is 12.3. The van der Waals surface area contributed by atoms with Crippen LogP contribution in [0.2, 0.25) is 0 Å². The van der Waals surface area contributed by atoms with Gasteiger partial charge in [0.25, 0.3) is 0 Å². The molecule has 3 aromatic rings. The van der Waals surface area contributed by atoms with Gasteiger partial charge in [-0.1, -0.05) is 0 Å². The maximum atomic E-state index is 9.48. The lowest BCUT2D eigenvalue weighted by atomic mass is 10.0. The molecule has 1 aromatic carbocycles. The molecular formula is C26H31N7O. The van der Waals surface area contributed by atoms with Crippen LogP contribution in [-0.4, -0.2) is 71.1 Å². The van der Waals surface area contributed by atoms with Gasteiger partial charge in [0, 0.05) is 80.8 Å². The minimum Gasteiger partial charge on any atom is -0.370 e. The van der Waals surface area contributed by atoms with Crippen LogP contribution in [0.4, 0.5) is 5.69 Å². The normalized spacial score (nSPS) is 23.5. The molecule has 34 heavy (non-hydrogen) atoms. The van der Waals surface area contributed by atoms with Crippen LogP contribution in [0.5, 0.6) is 0 Å². The highest BCUT2D eigenvalue weighted by Crippen LogP contribution is 2.31. The topological polar surface area (TPSA) is 82.2 Å². The molecule has 2 fully saturated rings. The molecule has 2 atom stereocenters. The lowest BCUT2D eigenvalue weighted by Gasteiger charge is -2.45. The summed E-state index contributed by atoms with van der Waals surface area (Å²) in [4.78, 5) is 9.37. The minimum absolute atomic E-state index is 0.142. The van der Waals surface area contributed by atoms with Crippen LogP contribution in [0, 0.1) is 18.3 Å². The fourth-order valence-electron chi connectivity index (χ4n) is 5.82. The predicted octanol–water partition coefficient (Wildman–Crippen LogP) is 2.41. The fourth-order valence-corrected chi connectivity index (χ4v) is 5.82. The van der Waals surface area contributed by atoms with Gasteiger partial charge in [-0.05, 0) is 38.1 Å². The van der Waals surface area contributed by atoms with Gasteiger partial charge in [-0.25, -0.2) is 0 Å². The van der Waals surface area contributed by atoms with Crippen molar-refractivity contribution < 1.29 is 4.74 Å². The van der Waals surface area contributed by atoms with E-state index in [4.69, 9.17) is 9.84 Å². The van der Waals surface area contributed by atoms with E-state index in [2.05, 4.69) is 56.8 Å². The number of pyridine rings is 1. The summed E-state index contributed by atoms with van der Waals surface area (Å²) in [7, 11) is 0. The van der Waals surface area contributed by atoms with Gasteiger partial charge in [-0.3, -0.25) is 14.6 Å². The summed E-state index contributed by atoms with van der Waals surface area (Å²) in [6.45, 7) is 11.0. The van der Waals surface area contributed by atoms with E-state index in [9.17, 15) is 5.26 Å². The summed E-state index contributed by atoms with van der Waals surface area (Å²) >= 11 is 0. The van der Waals surface area contributed by atoms with Gasteiger partial charge in [-0.2, -0.15) is 10.4 Å². The molecule has 0 unspecified atom stereocenters. The molecule has 0 radical (unpaired) electrons. The van der Waals surface area contributed by atoms with Crippen molar-refractivity contribution in [2.75, 3.05) is 44.2 Å². The van der Waals surface area contributed by atoms with Gasteiger partial charge in [-0.15, -0.1) is 0 Å². The Labute approximate surface area is 200 Å². The second kappa shape index (κ2) is 8.66. The van der Waals surface area contributed by atoms with Crippen molar-refractivity contribution in [3.05, 3.63) is 53.0 Å². The molecular weight excluding hydrogens is 426 g/mol. The SMILES string of the molecule is Cc1c2c(nn1C1CN(C[C@H]3CN(c4ccc(C#N)c5ncccc45)C[C@@H](C)O3)C1)CCNC2. The van der Waals surface area contributed by atoms with Crippen molar-refractivity contribution in [3.8, 4) is 6.07 Å². The van der Waals surface area contributed by atoms with Crippen molar-refractivity contribution in [1.29, 1.82) is 5.26 Å². The van der Waals surface area contributed by atoms with Gasteiger partial charge in [0.2, 0.25) is 0 Å². The summed E-state index contributed by atoms with van der Waals surface area (Å²) < 4.78 is 8.61. The quantitative estimate of drug-likeness (QED) is 0.644. The second-order valence-electron chi connectivity index (χ2n) is 9.87. The van der Waals surface area contributed by atoms with Crippen LogP contribution in [0.3, 0.4) is 0 Å². The lowest BCUT2D eigenvalue weighted by molar-refractivity contribution is -0.0491. The van der Waals surface area contributed by atoms with Crippen molar-refractivity contribution in [2.45, 2.75) is 45.1 Å². The summed E-state index contributed by atoms with van der Waals surface area (Å²) in [5.74, 6) is 0. The first kappa shape index (κ1) is 21.5. The standard InChI is InChI=1S/C26H31N7O/c1-17-12-32(25-6-5-19(10-27)26-22(25)4-3-8-29-26)16-21(34-17)15-31-13-20(14-31)33-18(2)23-11-28-9-7-24(23)30-33/h3-6,8,17,20-21,28H,7,9,11-16H2,1-2H3/t17-,21+/m1/s1. The molecule has 8 heteroatoms. The molecule has 1 N–H and O–H groups in total. The van der Waals surface area contributed by atoms with Crippen LogP contribution in [0.15, 0.2) is 30.5 Å². The fraction of sp³-hybridized carbons (Fsp3) is 0.500. The van der Waals surface area contributed by atoms with Crippen molar-refractivity contribution in [2.24, 2.45) is 0 Å². The van der Waals surface area contributed by atoms with E-state index in [1.807, 2.05) is 12.1 Å². The van der Waals surface area contributed by atoms with Crippen molar-refractivity contribution in [1.82, 2.24) is 25.0 Å². The Morgan fingerprint density at radius 1 is 1.21 bits per heavy atom. The first-order valence-electron chi connectivity index (χ1n) is 12.3. The van der Waals surface area contributed by atoms with Crippen LogP contribution in [0.25, 0.3) is 10.9 Å². The van der Waals surface area contributed by atoms with E-state index in [1.54, 1.807) is 6.20 Å². The lowest BCUT2D eigenvalue weighted by Crippen LogP contribution is -2.56. The third-order valence-corrected chi connectivity index (χ3v) is 7.48. The Morgan fingerprint density at radius 2 is 2.09 bits per heavy atom.